The first kappa shape index (κ1) is 27.0. The molecule has 0 unspecified atom stereocenters. The van der Waals surface area contributed by atoms with Gasteiger partial charge in [-0.15, -0.1) is 0 Å². The SMILES string of the molecule is CC(C)(O)[C@H](F)CN(c1cnc(N2CCOCC2)c(-c2ccc3cc(C#N)cnn23)c1)c1ccncc1C(N)=O. The molecule has 0 radical (unpaired) electrons. The number of hydrogen-bond acceptors (Lipinski definition) is 9. The lowest BCUT2D eigenvalue weighted by Crippen LogP contribution is -2.41. The van der Waals surface area contributed by atoms with Crippen molar-refractivity contribution in [2.45, 2.75) is 25.6 Å². The normalized spacial score (nSPS) is 14.6. The summed E-state index contributed by atoms with van der Waals surface area (Å²) in [6.07, 6.45) is 4.22. The van der Waals surface area contributed by atoms with Gasteiger partial charge in [0.05, 0.1) is 71.5 Å². The lowest BCUT2D eigenvalue weighted by molar-refractivity contribution is 0.00145. The molecule has 0 spiro atoms. The Balaban J connectivity index is 1.70. The van der Waals surface area contributed by atoms with Gasteiger partial charge in [-0.3, -0.25) is 9.78 Å². The number of rotatable bonds is 8. The number of hydrogen-bond donors (Lipinski definition) is 2. The van der Waals surface area contributed by atoms with Gasteiger partial charge in [-0.1, -0.05) is 0 Å². The Morgan fingerprint density at radius 3 is 2.73 bits per heavy atom. The summed E-state index contributed by atoms with van der Waals surface area (Å²) in [6.45, 7) is 4.82. The van der Waals surface area contributed by atoms with Crippen LogP contribution in [0.15, 0.2) is 55.1 Å². The van der Waals surface area contributed by atoms with E-state index in [2.05, 4.69) is 21.1 Å². The topological polar surface area (TPSA) is 146 Å². The van der Waals surface area contributed by atoms with Gasteiger partial charge in [0.25, 0.3) is 5.91 Å². The number of nitriles is 1. The van der Waals surface area contributed by atoms with Crippen LogP contribution in [0.1, 0.15) is 29.8 Å². The predicted octanol–water partition coefficient (Wildman–Crippen LogP) is 2.85. The van der Waals surface area contributed by atoms with E-state index in [-0.39, 0.29) is 12.1 Å². The van der Waals surface area contributed by atoms with E-state index in [9.17, 15) is 15.2 Å². The van der Waals surface area contributed by atoms with Crippen molar-refractivity contribution in [1.82, 2.24) is 19.6 Å². The van der Waals surface area contributed by atoms with Crippen molar-refractivity contribution in [3.05, 3.63) is 66.2 Å². The summed E-state index contributed by atoms with van der Waals surface area (Å²) in [5, 5.41) is 24.2. The van der Waals surface area contributed by atoms with E-state index in [0.29, 0.717) is 60.3 Å². The molecule has 5 rings (SSSR count). The number of pyridine rings is 2. The molecule has 11 nitrogen and oxygen atoms in total. The first-order chi connectivity index (χ1) is 19.2. The molecule has 206 valence electrons. The Morgan fingerprint density at radius 1 is 1.25 bits per heavy atom. The molecule has 0 saturated carbocycles. The lowest BCUT2D eigenvalue weighted by Gasteiger charge is -2.33. The van der Waals surface area contributed by atoms with E-state index in [1.54, 1.807) is 27.7 Å². The van der Waals surface area contributed by atoms with Crippen molar-refractivity contribution in [2.24, 2.45) is 5.73 Å². The number of fused-ring (bicyclic) bond motifs is 1. The van der Waals surface area contributed by atoms with Crippen molar-refractivity contribution >= 4 is 28.6 Å². The Hall–Kier alpha value is -4.60. The quantitative estimate of drug-likeness (QED) is 0.342. The molecule has 1 aliphatic rings. The number of primary amides is 1. The average Bonchev–Trinajstić information content (AvgIpc) is 3.38. The maximum absolute atomic E-state index is 15.4. The van der Waals surface area contributed by atoms with Gasteiger partial charge in [0.1, 0.15) is 18.1 Å². The highest BCUT2D eigenvalue weighted by Crippen LogP contribution is 2.37. The van der Waals surface area contributed by atoms with Gasteiger partial charge >= 0.3 is 0 Å². The molecule has 5 heterocycles. The van der Waals surface area contributed by atoms with E-state index < -0.39 is 17.7 Å². The number of nitrogens with two attached hydrogens (primary N) is 1. The largest absolute Gasteiger partial charge is 0.387 e. The molecule has 0 aliphatic carbocycles. The molecule has 4 aromatic rings. The average molecular weight is 545 g/mol. The zero-order valence-electron chi connectivity index (χ0n) is 22.2. The summed E-state index contributed by atoms with van der Waals surface area (Å²) in [5.41, 5.74) is 7.46. The molecular formula is C28H29FN8O3. The number of anilines is 3. The summed E-state index contributed by atoms with van der Waals surface area (Å²) in [4.78, 5) is 24.8. The number of nitrogens with zero attached hydrogens (tertiary/aromatic N) is 7. The minimum atomic E-state index is -1.69. The Bertz CT molecular complexity index is 1590. The monoisotopic (exact) mass is 544 g/mol. The van der Waals surface area contributed by atoms with E-state index in [0.717, 1.165) is 5.52 Å². The van der Waals surface area contributed by atoms with Gasteiger partial charge < -0.3 is 25.4 Å². The molecule has 1 amide bonds. The number of carbonyl (C=O) groups is 1. The van der Waals surface area contributed by atoms with Crippen LogP contribution in [0, 0.1) is 11.3 Å². The minimum Gasteiger partial charge on any atom is -0.387 e. The number of alkyl halides is 1. The first-order valence-corrected chi connectivity index (χ1v) is 12.8. The summed E-state index contributed by atoms with van der Waals surface area (Å²) in [5.74, 6) is -0.0396. The maximum atomic E-state index is 15.4. The number of aliphatic hydroxyl groups is 1. The van der Waals surface area contributed by atoms with Gasteiger partial charge in [0.15, 0.2) is 0 Å². The maximum Gasteiger partial charge on any atom is 0.252 e. The highest BCUT2D eigenvalue weighted by molar-refractivity contribution is 5.99. The molecule has 0 bridgehead atoms. The molecule has 12 heteroatoms. The standard InChI is InChI=1S/C28H29FN8O3/c1-28(2,39)25(29)17-36(23-5-6-32-16-22(23)26(31)38)20-12-21(27(33-15-20)35-7-9-40-10-8-35)24-4-3-19-11-18(13-30)14-34-37(19)24/h3-6,11-12,14-16,25,39H,7-10,17H2,1-2H3,(H2,31,38)/t25-/m1/s1. The van der Waals surface area contributed by atoms with Crippen LogP contribution in [0.3, 0.4) is 0 Å². The molecular weight excluding hydrogens is 515 g/mol. The van der Waals surface area contributed by atoms with Gasteiger partial charge in [0.2, 0.25) is 0 Å². The number of carbonyl (C=O) groups excluding carboxylic acids is 1. The summed E-state index contributed by atoms with van der Waals surface area (Å²) in [6, 6.07) is 11.0. The van der Waals surface area contributed by atoms with Crippen LogP contribution >= 0.6 is 0 Å². The van der Waals surface area contributed by atoms with Gasteiger partial charge in [-0.2, -0.15) is 10.4 Å². The van der Waals surface area contributed by atoms with E-state index >= 15 is 4.39 Å². The summed E-state index contributed by atoms with van der Waals surface area (Å²) >= 11 is 0. The zero-order valence-corrected chi connectivity index (χ0v) is 22.2. The lowest BCUT2D eigenvalue weighted by atomic mass is 10.0. The number of aromatic nitrogens is 4. The number of morpholine rings is 1. The van der Waals surface area contributed by atoms with Crippen molar-refractivity contribution in [3.8, 4) is 17.3 Å². The summed E-state index contributed by atoms with van der Waals surface area (Å²) in [7, 11) is 0. The van der Waals surface area contributed by atoms with Crippen LogP contribution in [-0.2, 0) is 4.74 Å². The molecule has 4 aromatic heterocycles. The first-order valence-electron chi connectivity index (χ1n) is 12.8. The number of amides is 1. The second-order valence-electron chi connectivity index (χ2n) is 10.1. The fraction of sp³-hybridized carbons (Fsp3) is 0.321. The van der Waals surface area contributed by atoms with Crippen LogP contribution in [0.2, 0.25) is 0 Å². The molecule has 0 aromatic carbocycles. The second kappa shape index (κ2) is 10.9. The van der Waals surface area contributed by atoms with Crippen molar-refractivity contribution < 1.29 is 19.0 Å². The van der Waals surface area contributed by atoms with Crippen LogP contribution in [0.25, 0.3) is 16.8 Å². The smallest absolute Gasteiger partial charge is 0.252 e. The van der Waals surface area contributed by atoms with E-state index in [4.69, 9.17) is 15.5 Å². The highest BCUT2D eigenvalue weighted by atomic mass is 19.1. The van der Waals surface area contributed by atoms with E-state index in [1.165, 1.54) is 32.4 Å². The molecule has 40 heavy (non-hydrogen) atoms. The van der Waals surface area contributed by atoms with Crippen LogP contribution in [-0.4, -0.2) is 75.2 Å². The third-order valence-electron chi connectivity index (χ3n) is 6.84. The zero-order chi connectivity index (χ0) is 28.4. The predicted molar refractivity (Wildman–Crippen MR) is 147 cm³/mol. The van der Waals surface area contributed by atoms with Crippen LogP contribution in [0.4, 0.5) is 21.6 Å². The number of halogens is 1. The summed E-state index contributed by atoms with van der Waals surface area (Å²) < 4.78 is 22.6. The molecule has 1 aliphatic heterocycles. The second-order valence-corrected chi connectivity index (χ2v) is 10.1. The van der Waals surface area contributed by atoms with Gasteiger partial charge in [0, 0.05) is 31.0 Å². The van der Waals surface area contributed by atoms with Gasteiger partial charge in [-0.05, 0) is 44.2 Å². The van der Waals surface area contributed by atoms with Crippen molar-refractivity contribution in [2.75, 3.05) is 42.6 Å². The molecule has 1 fully saturated rings. The fourth-order valence-corrected chi connectivity index (χ4v) is 4.61. The van der Waals surface area contributed by atoms with Crippen LogP contribution in [0.5, 0.6) is 0 Å². The molecule has 1 atom stereocenters. The minimum absolute atomic E-state index is 0.100. The molecule has 1 saturated heterocycles. The number of ether oxygens (including phenoxy) is 1. The Kier molecular flexibility index (Phi) is 7.34. The van der Waals surface area contributed by atoms with Crippen molar-refractivity contribution in [1.29, 1.82) is 5.26 Å². The van der Waals surface area contributed by atoms with Crippen molar-refractivity contribution in [3.63, 3.8) is 0 Å². The highest BCUT2D eigenvalue weighted by Gasteiger charge is 2.31. The fourth-order valence-electron chi connectivity index (χ4n) is 4.61. The van der Waals surface area contributed by atoms with E-state index in [1.807, 2.05) is 18.2 Å². The molecule has 3 N–H and O–H groups in total. The Labute approximate surface area is 230 Å². The third kappa shape index (κ3) is 5.29. The van der Waals surface area contributed by atoms with Gasteiger partial charge in [-0.25, -0.2) is 13.9 Å². The third-order valence-corrected chi connectivity index (χ3v) is 6.84. The Morgan fingerprint density at radius 2 is 2.02 bits per heavy atom. The van der Waals surface area contributed by atoms with Crippen LogP contribution < -0.4 is 15.5 Å².